The molecule has 0 radical (unpaired) electrons. The molecule has 0 atom stereocenters. The van der Waals surface area contributed by atoms with Crippen LogP contribution in [0.15, 0.2) is 24.3 Å². The number of methoxy groups -OCH3 is 4. The molecule has 5 rings (SSSR count). The van der Waals surface area contributed by atoms with Crippen molar-refractivity contribution in [3.8, 4) is 28.7 Å². The van der Waals surface area contributed by atoms with Crippen molar-refractivity contribution < 1.29 is 23.7 Å². The highest BCUT2D eigenvalue weighted by Gasteiger charge is 2.34. The second-order valence-electron chi connectivity index (χ2n) is 11.6. The van der Waals surface area contributed by atoms with E-state index in [1.54, 1.807) is 28.4 Å². The first-order valence-corrected chi connectivity index (χ1v) is 15.2. The van der Waals surface area contributed by atoms with Crippen LogP contribution < -0.4 is 23.7 Å². The Hall–Kier alpha value is -2.06. The van der Waals surface area contributed by atoms with E-state index < -0.39 is 0 Å². The zero-order chi connectivity index (χ0) is 27.9. The third-order valence-electron chi connectivity index (χ3n) is 9.15. The molecule has 0 aromatic heterocycles. The number of ether oxygens (including phenoxy) is 5. The summed E-state index contributed by atoms with van der Waals surface area (Å²) in [5.41, 5.74) is 3.73. The standard InChI is InChI=1S/C33H48N2O5.2ClH/c1-36-30-28-21-25(22-29(28)31(37-2)33(39-4)32(30)38-3)9-8-20-40-27-12-10-24(11-13-27)23-34-18-14-26(15-19-34)35-16-6-5-7-17-35;;/h10-13,25-26H,5-9,14-23H2,1-4H3;2*1H. The molecule has 42 heavy (non-hydrogen) atoms. The fourth-order valence-electron chi connectivity index (χ4n) is 7.08. The molecule has 1 aliphatic carbocycles. The van der Waals surface area contributed by atoms with Gasteiger partial charge in [-0.15, -0.1) is 24.8 Å². The molecule has 2 aliphatic heterocycles. The van der Waals surface area contributed by atoms with Gasteiger partial charge in [-0.3, -0.25) is 4.90 Å². The molecule has 0 N–H and O–H groups in total. The van der Waals surface area contributed by atoms with E-state index in [0.717, 1.165) is 62.1 Å². The van der Waals surface area contributed by atoms with E-state index in [2.05, 4.69) is 34.1 Å². The number of nitrogens with zero attached hydrogens (tertiary/aromatic N) is 2. The molecular formula is C33H50Cl2N2O5. The minimum atomic E-state index is 0. The van der Waals surface area contributed by atoms with Gasteiger partial charge >= 0.3 is 0 Å². The van der Waals surface area contributed by atoms with Crippen LogP contribution in [0.2, 0.25) is 0 Å². The topological polar surface area (TPSA) is 52.6 Å². The second kappa shape index (κ2) is 16.7. The minimum Gasteiger partial charge on any atom is -0.494 e. The van der Waals surface area contributed by atoms with Crippen LogP contribution in [-0.4, -0.2) is 77.1 Å². The molecule has 0 spiro atoms. The van der Waals surface area contributed by atoms with Crippen LogP contribution >= 0.6 is 24.8 Å². The normalized spacial score (nSPS) is 18.0. The van der Waals surface area contributed by atoms with Crippen LogP contribution in [0.3, 0.4) is 0 Å². The van der Waals surface area contributed by atoms with Crippen molar-refractivity contribution in [3.05, 3.63) is 41.0 Å². The van der Waals surface area contributed by atoms with E-state index in [9.17, 15) is 0 Å². The molecular weight excluding hydrogens is 575 g/mol. The van der Waals surface area contributed by atoms with Gasteiger partial charge in [0.1, 0.15) is 5.75 Å². The Labute approximate surface area is 265 Å². The van der Waals surface area contributed by atoms with E-state index >= 15 is 0 Å². The quantitative estimate of drug-likeness (QED) is 0.247. The molecule has 3 aliphatic rings. The first-order valence-electron chi connectivity index (χ1n) is 15.2. The predicted octanol–water partition coefficient (Wildman–Crippen LogP) is 6.59. The van der Waals surface area contributed by atoms with Crippen molar-refractivity contribution >= 4 is 24.8 Å². The molecule has 2 saturated heterocycles. The largest absolute Gasteiger partial charge is 0.494 e. The SMILES string of the molecule is COc1c2c(c(OC)c(OC)c1OC)CC(CCCOc1ccc(CN3CCC(N4CCCCC4)CC3)cc1)C2.Cl.Cl. The van der Waals surface area contributed by atoms with Crippen LogP contribution in [0, 0.1) is 5.92 Å². The van der Waals surface area contributed by atoms with Crippen molar-refractivity contribution in [1.82, 2.24) is 9.80 Å². The van der Waals surface area contributed by atoms with Crippen molar-refractivity contribution in [2.24, 2.45) is 5.92 Å². The van der Waals surface area contributed by atoms with Crippen LogP contribution in [0.1, 0.15) is 61.6 Å². The average molecular weight is 626 g/mol. The number of piperidine rings is 2. The van der Waals surface area contributed by atoms with E-state index in [0.29, 0.717) is 17.4 Å². The van der Waals surface area contributed by atoms with Gasteiger partial charge in [-0.25, -0.2) is 0 Å². The fraction of sp³-hybridized carbons (Fsp3) is 0.636. The van der Waals surface area contributed by atoms with Crippen LogP contribution in [0.25, 0.3) is 0 Å². The van der Waals surface area contributed by atoms with Gasteiger partial charge in [0.25, 0.3) is 0 Å². The van der Waals surface area contributed by atoms with Gasteiger partial charge in [-0.1, -0.05) is 18.6 Å². The number of halogens is 2. The van der Waals surface area contributed by atoms with Crippen molar-refractivity contribution in [1.29, 1.82) is 0 Å². The van der Waals surface area contributed by atoms with Crippen LogP contribution in [0.5, 0.6) is 28.7 Å². The number of hydrogen-bond acceptors (Lipinski definition) is 7. The molecule has 2 aromatic carbocycles. The lowest BCUT2D eigenvalue weighted by molar-refractivity contribution is 0.0896. The Morgan fingerprint density at radius 1 is 0.690 bits per heavy atom. The van der Waals surface area contributed by atoms with E-state index in [4.69, 9.17) is 23.7 Å². The Morgan fingerprint density at radius 3 is 1.76 bits per heavy atom. The van der Waals surface area contributed by atoms with Gasteiger partial charge in [0, 0.05) is 23.7 Å². The van der Waals surface area contributed by atoms with E-state index in [1.165, 1.54) is 75.0 Å². The van der Waals surface area contributed by atoms with Crippen LogP contribution in [-0.2, 0) is 19.4 Å². The Balaban J connectivity index is 0.00000242. The summed E-state index contributed by atoms with van der Waals surface area (Å²) in [5.74, 6) is 4.21. The lowest BCUT2D eigenvalue weighted by atomic mass is 9.99. The summed E-state index contributed by atoms with van der Waals surface area (Å²) < 4.78 is 28.9. The predicted molar refractivity (Wildman–Crippen MR) is 173 cm³/mol. The zero-order valence-electron chi connectivity index (χ0n) is 25.8. The molecule has 7 nitrogen and oxygen atoms in total. The summed E-state index contributed by atoms with van der Waals surface area (Å²) in [5, 5.41) is 0. The summed E-state index contributed by atoms with van der Waals surface area (Å²) in [6.07, 6.45) is 10.8. The Morgan fingerprint density at radius 2 is 1.24 bits per heavy atom. The highest BCUT2D eigenvalue weighted by molar-refractivity contribution is 5.85. The molecule has 0 bridgehead atoms. The van der Waals surface area contributed by atoms with Gasteiger partial charge in [-0.05, 0) is 101 Å². The molecule has 2 fully saturated rings. The number of benzene rings is 2. The van der Waals surface area contributed by atoms with Gasteiger partial charge < -0.3 is 28.6 Å². The number of rotatable bonds is 12. The van der Waals surface area contributed by atoms with Gasteiger partial charge in [-0.2, -0.15) is 0 Å². The summed E-state index contributed by atoms with van der Waals surface area (Å²) in [6.45, 7) is 6.81. The summed E-state index contributed by atoms with van der Waals surface area (Å²) in [7, 11) is 6.66. The van der Waals surface area contributed by atoms with Gasteiger partial charge in [0.2, 0.25) is 11.5 Å². The maximum Gasteiger partial charge on any atom is 0.207 e. The Bertz CT molecular complexity index is 1060. The van der Waals surface area contributed by atoms with Gasteiger partial charge in [0.15, 0.2) is 11.5 Å². The molecule has 0 amide bonds. The molecule has 236 valence electrons. The van der Waals surface area contributed by atoms with E-state index in [-0.39, 0.29) is 24.8 Å². The number of likely N-dealkylation sites (tertiary alicyclic amines) is 2. The first-order chi connectivity index (χ1) is 19.6. The average Bonchev–Trinajstić information content (AvgIpc) is 3.43. The summed E-state index contributed by atoms with van der Waals surface area (Å²) in [6, 6.07) is 9.55. The number of fused-ring (bicyclic) bond motifs is 1. The van der Waals surface area contributed by atoms with Crippen LogP contribution in [0.4, 0.5) is 0 Å². The smallest absolute Gasteiger partial charge is 0.207 e. The molecule has 2 heterocycles. The first kappa shape index (κ1) is 34.4. The van der Waals surface area contributed by atoms with Crippen molar-refractivity contribution in [3.63, 3.8) is 0 Å². The molecule has 0 unspecified atom stereocenters. The maximum absolute atomic E-state index is 6.12. The second-order valence-corrected chi connectivity index (χ2v) is 11.6. The summed E-state index contributed by atoms with van der Waals surface area (Å²) >= 11 is 0. The fourth-order valence-corrected chi connectivity index (χ4v) is 7.08. The van der Waals surface area contributed by atoms with Crippen molar-refractivity contribution in [2.45, 2.75) is 70.4 Å². The van der Waals surface area contributed by atoms with Crippen molar-refractivity contribution in [2.75, 3.05) is 61.2 Å². The zero-order valence-corrected chi connectivity index (χ0v) is 27.5. The molecule has 2 aromatic rings. The van der Waals surface area contributed by atoms with Gasteiger partial charge in [0.05, 0.1) is 35.0 Å². The summed E-state index contributed by atoms with van der Waals surface area (Å²) in [4.78, 5) is 5.37. The Kier molecular flexibility index (Phi) is 13.7. The number of hydrogen-bond donors (Lipinski definition) is 0. The lowest BCUT2D eigenvalue weighted by Gasteiger charge is -2.40. The maximum atomic E-state index is 6.12. The molecule has 9 heteroatoms. The monoisotopic (exact) mass is 624 g/mol. The van der Waals surface area contributed by atoms with E-state index in [1.807, 2.05) is 0 Å². The highest BCUT2D eigenvalue weighted by Crippen LogP contribution is 2.53. The lowest BCUT2D eigenvalue weighted by Crippen LogP contribution is -2.46. The third kappa shape index (κ3) is 7.90. The highest BCUT2D eigenvalue weighted by atomic mass is 35.5. The minimum absolute atomic E-state index is 0. The molecule has 0 saturated carbocycles. The third-order valence-corrected chi connectivity index (χ3v) is 9.15.